The first-order chi connectivity index (χ1) is 9.10. The number of hydrogen-bond acceptors (Lipinski definition) is 2. The Morgan fingerprint density at radius 3 is 2.35 bits per heavy atom. The van der Waals surface area contributed by atoms with Crippen LogP contribution >= 0.6 is 12.4 Å². The highest BCUT2D eigenvalue weighted by molar-refractivity contribution is 5.85. The Balaban J connectivity index is 0.00000361. The highest BCUT2D eigenvalue weighted by atomic mass is 35.5. The summed E-state index contributed by atoms with van der Waals surface area (Å²) in [6.07, 6.45) is 0.977. The van der Waals surface area contributed by atoms with Gasteiger partial charge in [0.15, 0.2) is 0 Å². The van der Waals surface area contributed by atoms with Gasteiger partial charge in [-0.1, -0.05) is 44.2 Å². The summed E-state index contributed by atoms with van der Waals surface area (Å²) in [5.74, 6) is 0.246. The molecule has 1 amide bonds. The van der Waals surface area contributed by atoms with Crippen LogP contribution in [0.3, 0.4) is 0 Å². The van der Waals surface area contributed by atoms with Crippen LogP contribution in [0.2, 0.25) is 0 Å². The maximum atomic E-state index is 12.5. The normalized spacial score (nSPS) is 13.2. The molecule has 20 heavy (non-hydrogen) atoms. The van der Waals surface area contributed by atoms with E-state index in [0.717, 1.165) is 13.0 Å². The lowest BCUT2D eigenvalue weighted by molar-refractivity contribution is -0.137. The van der Waals surface area contributed by atoms with Crippen molar-refractivity contribution in [1.82, 2.24) is 10.2 Å². The van der Waals surface area contributed by atoms with Crippen LogP contribution in [0.1, 0.15) is 32.8 Å². The van der Waals surface area contributed by atoms with Crippen molar-refractivity contribution in [2.75, 3.05) is 13.6 Å². The minimum atomic E-state index is 0. The Morgan fingerprint density at radius 1 is 1.25 bits per heavy atom. The van der Waals surface area contributed by atoms with Gasteiger partial charge in [0.1, 0.15) is 0 Å². The summed E-state index contributed by atoms with van der Waals surface area (Å²) < 4.78 is 0. The predicted octanol–water partition coefficient (Wildman–Crippen LogP) is 3.09. The van der Waals surface area contributed by atoms with E-state index in [2.05, 4.69) is 31.3 Å². The molecule has 2 atom stereocenters. The summed E-state index contributed by atoms with van der Waals surface area (Å²) in [4.78, 5) is 14.5. The molecular formula is C16H27ClN2O. The second kappa shape index (κ2) is 9.78. The third kappa shape index (κ3) is 5.51. The van der Waals surface area contributed by atoms with Gasteiger partial charge in [-0.15, -0.1) is 12.4 Å². The minimum Gasteiger partial charge on any atom is -0.335 e. The van der Waals surface area contributed by atoms with Crippen molar-refractivity contribution in [3.05, 3.63) is 35.9 Å². The molecule has 114 valence electrons. The second-order valence-corrected chi connectivity index (χ2v) is 5.17. The minimum absolute atomic E-state index is 0. The summed E-state index contributed by atoms with van der Waals surface area (Å²) >= 11 is 0. The van der Waals surface area contributed by atoms with Crippen LogP contribution in [0, 0.1) is 5.92 Å². The van der Waals surface area contributed by atoms with Gasteiger partial charge in [-0.05, 0) is 26.0 Å². The lowest BCUT2D eigenvalue weighted by Crippen LogP contribution is -2.43. The molecular weight excluding hydrogens is 272 g/mol. The first kappa shape index (κ1) is 18.9. The van der Waals surface area contributed by atoms with Gasteiger partial charge < -0.3 is 10.2 Å². The second-order valence-electron chi connectivity index (χ2n) is 5.17. The molecule has 0 heterocycles. The molecule has 0 aliphatic carbocycles. The van der Waals surface area contributed by atoms with Gasteiger partial charge in [-0.3, -0.25) is 4.79 Å². The smallest absolute Gasteiger partial charge is 0.227 e. The summed E-state index contributed by atoms with van der Waals surface area (Å²) in [5.41, 5.74) is 1.19. The highest BCUT2D eigenvalue weighted by Gasteiger charge is 2.23. The molecule has 0 saturated heterocycles. The summed E-state index contributed by atoms with van der Waals surface area (Å²) in [6.45, 7) is 7.65. The zero-order valence-electron chi connectivity index (χ0n) is 12.9. The molecule has 3 nitrogen and oxygen atoms in total. The fourth-order valence-corrected chi connectivity index (χ4v) is 2.13. The first-order valence-electron chi connectivity index (χ1n) is 7.09. The third-order valence-electron chi connectivity index (χ3n) is 3.53. The SMILES string of the molecule is CCC(C)N(Cc1ccccc1)C(=O)C(C)CNC.Cl. The van der Waals surface area contributed by atoms with Gasteiger partial charge in [-0.25, -0.2) is 0 Å². The third-order valence-corrected chi connectivity index (χ3v) is 3.53. The Bertz CT molecular complexity index is 383. The van der Waals surface area contributed by atoms with E-state index in [1.54, 1.807) is 0 Å². The van der Waals surface area contributed by atoms with Crippen LogP contribution in [-0.4, -0.2) is 30.4 Å². The van der Waals surface area contributed by atoms with Crippen LogP contribution in [0.4, 0.5) is 0 Å². The monoisotopic (exact) mass is 298 g/mol. The Hall–Kier alpha value is -1.06. The topological polar surface area (TPSA) is 32.3 Å². The average molecular weight is 299 g/mol. The van der Waals surface area contributed by atoms with Crippen molar-refractivity contribution in [1.29, 1.82) is 0 Å². The number of rotatable bonds is 7. The van der Waals surface area contributed by atoms with Gasteiger partial charge in [-0.2, -0.15) is 0 Å². The van der Waals surface area contributed by atoms with Crippen molar-refractivity contribution in [2.45, 2.75) is 39.8 Å². The van der Waals surface area contributed by atoms with Crippen LogP contribution in [0.15, 0.2) is 30.3 Å². The van der Waals surface area contributed by atoms with Gasteiger partial charge in [0.2, 0.25) is 5.91 Å². The van der Waals surface area contributed by atoms with Crippen LogP contribution in [0.25, 0.3) is 0 Å². The standard InChI is InChI=1S/C16H26N2O.ClH/c1-5-14(3)18(16(19)13(2)11-17-4)12-15-9-7-6-8-10-15;/h6-10,13-14,17H,5,11-12H2,1-4H3;1H. The van der Waals surface area contributed by atoms with E-state index in [-0.39, 0.29) is 30.3 Å². The molecule has 1 rings (SSSR count). The number of nitrogens with zero attached hydrogens (tertiary/aromatic N) is 1. The Kier molecular flexibility index (Phi) is 9.26. The molecule has 0 bridgehead atoms. The van der Waals surface area contributed by atoms with E-state index in [9.17, 15) is 4.79 Å². The summed E-state index contributed by atoms with van der Waals surface area (Å²) in [5, 5.41) is 3.08. The molecule has 0 aliphatic rings. The lowest BCUT2D eigenvalue weighted by atomic mass is 10.1. The summed E-state index contributed by atoms with van der Waals surface area (Å²) in [7, 11) is 1.88. The van der Waals surface area contributed by atoms with E-state index in [1.165, 1.54) is 5.56 Å². The molecule has 0 radical (unpaired) electrons. The predicted molar refractivity (Wildman–Crippen MR) is 87.1 cm³/mol. The molecule has 1 aromatic rings. The summed E-state index contributed by atoms with van der Waals surface area (Å²) in [6, 6.07) is 10.5. The number of carbonyl (C=O) groups is 1. The van der Waals surface area contributed by atoms with Crippen molar-refractivity contribution in [2.24, 2.45) is 5.92 Å². The van der Waals surface area contributed by atoms with Crippen LogP contribution < -0.4 is 5.32 Å². The molecule has 0 saturated carbocycles. The van der Waals surface area contributed by atoms with E-state index in [4.69, 9.17) is 0 Å². The van der Waals surface area contributed by atoms with Crippen LogP contribution in [-0.2, 0) is 11.3 Å². The lowest BCUT2D eigenvalue weighted by Gasteiger charge is -2.31. The number of amides is 1. The van der Waals surface area contributed by atoms with Crippen molar-refractivity contribution in [3.63, 3.8) is 0 Å². The average Bonchev–Trinajstić information content (AvgIpc) is 2.44. The highest BCUT2D eigenvalue weighted by Crippen LogP contribution is 2.14. The van der Waals surface area contributed by atoms with Gasteiger partial charge >= 0.3 is 0 Å². The number of carbonyl (C=O) groups excluding carboxylic acids is 1. The largest absolute Gasteiger partial charge is 0.335 e. The fourth-order valence-electron chi connectivity index (χ4n) is 2.13. The fraction of sp³-hybridized carbons (Fsp3) is 0.562. The van der Waals surface area contributed by atoms with E-state index < -0.39 is 0 Å². The first-order valence-corrected chi connectivity index (χ1v) is 7.09. The number of hydrogen-bond donors (Lipinski definition) is 1. The number of halogens is 1. The van der Waals surface area contributed by atoms with E-state index in [0.29, 0.717) is 6.54 Å². The molecule has 0 fully saturated rings. The molecule has 0 aromatic heterocycles. The van der Waals surface area contributed by atoms with E-state index in [1.807, 2.05) is 37.1 Å². The van der Waals surface area contributed by atoms with E-state index >= 15 is 0 Å². The molecule has 0 spiro atoms. The number of nitrogens with one attached hydrogen (secondary N) is 1. The molecule has 2 unspecified atom stereocenters. The van der Waals surface area contributed by atoms with Crippen molar-refractivity contribution in [3.8, 4) is 0 Å². The van der Waals surface area contributed by atoms with Gasteiger partial charge in [0.05, 0.1) is 0 Å². The number of benzene rings is 1. The quantitative estimate of drug-likeness (QED) is 0.839. The van der Waals surface area contributed by atoms with Gasteiger partial charge in [0, 0.05) is 25.0 Å². The Labute approximate surface area is 129 Å². The molecule has 4 heteroatoms. The van der Waals surface area contributed by atoms with Crippen molar-refractivity contribution >= 4 is 18.3 Å². The maximum Gasteiger partial charge on any atom is 0.227 e. The van der Waals surface area contributed by atoms with Crippen molar-refractivity contribution < 1.29 is 4.79 Å². The van der Waals surface area contributed by atoms with Gasteiger partial charge in [0.25, 0.3) is 0 Å². The zero-order chi connectivity index (χ0) is 14.3. The molecule has 1 N–H and O–H groups in total. The molecule has 0 aliphatic heterocycles. The molecule has 1 aromatic carbocycles. The van der Waals surface area contributed by atoms with Crippen LogP contribution in [0.5, 0.6) is 0 Å². The zero-order valence-corrected chi connectivity index (χ0v) is 13.7. The maximum absolute atomic E-state index is 12.5. The Morgan fingerprint density at radius 2 is 1.85 bits per heavy atom.